The summed E-state index contributed by atoms with van der Waals surface area (Å²) in [5.41, 5.74) is 1.15. The molecular weight excluding hydrogens is 384 g/mol. The first-order valence-corrected chi connectivity index (χ1v) is 11.5. The lowest BCUT2D eigenvalue weighted by molar-refractivity contribution is -0.131. The van der Waals surface area contributed by atoms with E-state index in [-0.39, 0.29) is 5.91 Å². The minimum atomic E-state index is -0.966. The molecule has 1 saturated heterocycles. The molecular formula is C23H30N2O3S. The Morgan fingerprint density at radius 3 is 2.48 bits per heavy atom. The average Bonchev–Trinajstić information content (AvgIpc) is 3.02. The van der Waals surface area contributed by atoms with Gasteiger partial charge in [0.1, 0.15) is 5.75 Å². The summed E-state index contributed by atoms with van der Waals surface area (Å²) in [6.07, 6.45) is 2.25. The summed E-state index contributed by atoms with van der Waals surface area (Å²) in [6.45, 7) is 4.16. The number of rotatable bonds is 8. The Labute approximate surface area is 176 Å². The third kappa shape index (κ3) is 6.68. The van der Waals surface area contributed by atoms with Crippen molar-refractivity contribution < 1.29 is 13.7 Å². The molecule has 1 aliphatic heterocycles. The summed E-state index contributed by atoms with van der Waals surface area (Å²) >= 11 is 0. The molecule has 0 bridgehead atoms. The Morgan fingerprint density at radius 2 is 1.76 bits per heavy atom. The highest BCUT2D eigenvalue weighted by molar-refractivity contribution is 7.85. The fourth-order valence-electron chi connectivity index (χ4n) is 3.55. The Morgan fingerprint density at radius 1 is 1.00 bits per heavy atom. The molecule has 3 rings (SSSR count). The molecule has 1 aliphatic rings. The van der Waals surface area contributed by atoms with Crippen LogP contribution in [0.2, 0.25) is 0 Å². The van der Waals surface area contributed by atoms with Crippen molar-refractivity contribution in [2.75, 3.05) is 45.6 Å². The summed E-state index contributed by atoms with van der Waals surface area (Å²) in [5.74, 6) is 1.69. The molecule has 5 nitrogen and oxygen atoms in total. The lowest BCUT2D eigenvalue weighted by Crippen LogP contribution is -2.36. The molecule has 156 valence electrons. The molecule has 0 saturated carbocycles. The molecule has 0 radical (unpaired) electrons. The molecule has 2 aromatic rings. The fourth-order valence-corrected chi connectivity index (χ4v) is 4.67. The molecule has 1 heterocycles. The maximum atomic E-state index is 12.6. The number of carbonyl (C=O) groups excluding carboxylic acids is 1. The highest BCUT2D eigenvalue weighted by atomic mass is 32.2. The van der Waals surface area contributed by atoms with Crippen LogP contribution in [0, 0.1) is 0 Å². The summed E-state index contributed by atoms with van der Waals surface area (Å²) in [5, 5.41) is 0. The van der Waals surface area contributed by atoms with E-state index in [2.05, 4.69) is 4.90 Å². The van der Waals surface area contributed by atoms with Crippen LogP contribution in [0.5, 0.6) is 5.75 Å². The van der Waals surface area contributed by atoms with E-state index in [4.69, 9.17) is 4.74 Å². The van der Waals surface area contributed by atoms with Crippen molar-refractivity contribution >= 4 is 16.7 Å². The number of amides is 1. The molecule has 0 aromatic heterocycles. The quantitative estimate of drug-likeness (QED) is 0.666. The van der Waals surface area contributed by atoms with Crippen molar-refractivity contribution in [2.45, 2.75) is 24.2 Å². The third-order valence-corrected chi connectivity index (χ3v) is 6.68. The van der Waals surface area contributed by atoms with Crippen LogP contribution in [0.25, 0.3) is 0 Å². The van der Waals surface area contributed by atoms with Gasteiger partial charge in [0.15, 0.2) is 0 Å². The van der Waals surface area contributed by atoms with E-state index >= 15 is 0 Å². The van der Waals surface area contributed by atoms with Gasteiger partial charge in [-0.25, -0.2) is 0 Å². The average molecular weight is 415 g/mol. The van der Waals surface area contributed by atoms with Crippen LogP contribution in [0.4, 0.5) is 0 Å². The monoisotopic (exact) mass is 414 g/mol. The maximum Gasteiger partial charge on any atom is 0.222 e. The van der Waals surface area contributed by atoms with E-state index in [9.17, 15) is 9.00 Å². The Balaban J connectivity index is 1.41. The summed E-state index contributed by atoms with van der Waals surface area (Å²) in [6, 6.07) is 17.5. The predicted octanol–water partition coefficient (Wildman–Crippen LogP) is 2.97. The van der Waals surface area contributed by atoms with Crippen molar-refractivity contribution in [1.82, 2.24) is 9.80 Å². The normalized spacial score (nSPS) is 16.2. The smallest absolute Gasteiger partial charge is 0.222 e. The molecule has 1 unspecified atom stereocenters. The molecule has 6 heteroatoms. The van der Waals surface area contributed by atoms with Gasteiger partial charge >= 0.3 is 0 Å². The van der Waals surface area contributed by atoms with Crippen molar-refractivity contribution in [3.63, 3.8) is 0 Å². The van der Waals surface area contributed by atoms with Gasteiger partial charge in [0.05, 0.1) is 17.9 Å². The second-order valence-corrected chi connectivity index (χ2v) is 8.86. The number of hydrogen-bond donors (Lipinski definition) is 0. The van der Waals surface area contributed by atoms with Gasteiger partial charge in [-0.3, -0.25) is 9.00 Å². The lowest BCUT2D eigenvalue weighted by atomic mass is 10.1. The van der Waals surface area contributed by atoms with Crippen LogP contribution in [-0.4, -0.2) is 65.5 Å². The van der Waals surface area contributed by atoms with Crippen LogP contribution in [0.15, 0.2) is 59.5 Å². The molecule has 0 spiro atoms. The third-order valence-electron chi connectivity index (χ3n) is 5.33. The number of benzene rings is 2. The van der Waals surface area contributed by atoms with Gasteiger partial charge in [-0.2, -0.15) is 0 Å². The van der Waals surface area contributed by atoms with E-state index < -0.39 is 10.8 Å². The zero-order chi connectivity index (χ0) is 20.5. The van der Waals surface area contributed by atoms with Gasteiger partial charge in [0.25, 0.3) is 0 Å². The first kappa shape index (κ1) is 21.5. The van der Waals surface area contributed by atoms with E-state index in [0.717, 1.165) is 61.8 Å². The first-order valence-electron chi connectivity index (χ1n) is 10.2. The van der Waals surface area contributed by atoms with Gasteiger partial charge in [-0.15, -0.1) is 0 Å². The molecule has 0 aliphatic carbocycles. The van der Waals surface area contributed by atoms with Crippen LogP contribution in [0.1, 0.15) is 18.4 Å². The van der Waals surface area contributed by atoms with Crippen LogP contribution < -0.4 is 4.74 Å². The minimum absolute atomic E-state index is 0.218. The van der Waals surface area contributed by atoms with Gasteiger partial charge in [0, 0.05) is 43.2 Å². The zero-order valence-corrected chi connectivity index (χ0v) is 17.9. The largest absolute Gasteiger partial charge is 0.497 e. The molecule has 1 atom stereocenters. The Kier molecular flexibility index (Phi) is 8.25. The second-order valence-electron chi connectivity index (χ2n) is 7.29. The van der Waals surface area contributed by atoms with E-state index in [1.54, 1.807) is 7.11 Å². The van der Waals surface area contributed by atoms with E-state index in [1.807, 2.05) is 59.5 Å². The van der Waals surface area contributed by atoms with E-state index in [1.165, 1.54) is 0 Å². The van der Waals surface area contributed by atoms with E-state index in [0.29, 0.717) is 12.2 Å². The van der Waals surface area contributed by atoms with Gasteiger partial charge in [0.2, 0.25) is 5.91 Å². The SMILES string of the molecule is COc1ccc(CCC(=O)N2CCCN(CCS(=O)c3ccccc3)CC2)cc1. The fraction of sp³-hybridized carbons (Fsp3) is 0.435. The summed E-state index contributed by atoms with van der Waals surface area (Å²) < 4.78 is 17.6. The standard InChI is InChI=1S/C23H30N2O3S/c1-28-21-11-8-20(9-12-21)10-13-23(26)25-15-5-14-24(16-17-25)18-19-29(27)22-6-3-2-4-7-22/h2-4,6-9,11-12H,5,10,13-19H2,1H3. The minimum Gasteiger partial charge on any atom is -0.497 e. The molecule has 2 aromatic carbocycles. The Hall–Kier alpha value is -2.18. The molecule has 1 amide bonds. The van der Waals surface area contributed by atoms with Gasteiger partial charge in [-0.05, 0) is 49.2 Å². The second kappa shape index (κ2) is 11.1. The van der Waals surface area contributed by atoms with Gasteiger partial charge in [-0.1, -0.05) is 30.3 Å². The van der Waals surface area contributed by atoms with Gasteiger partial charge < -0.3 is 14.5 Å². The highest BCUT2D eigenvalue weighted by Crippen LogP contribution is 2.14. The highest BCUT2D eigenvalue weighted by Gasteiger charge is 2.19. The zero-order valence-electron chi connectivity index (χ0n) is 17.1. The van der Waals surface area contributed by atoms with Crippen molar-refractivity contribution in [2.24, 2.45) is 0 Å². The molecule has 0 N–H and O–H groups in total. The topological polar surface area (TPSA) is 49.9 Å². The predicted molar refractivity (Wildman–Crippen MR) is 117 cm³/mol. The van der Waals surface area contributed by atoms with Crippen molar-refractivity contribution in [3.8, 4) is 5.75 Å². The lowest BCUT2D eigenvalue weighted by Gasteiger charge is -2.22. The summed E-state index contributed by atoms with van der Waals surface area (Å²) in [7, 11) is 0.687. The molecule has 29 heavy (non-hydrogen) atoms. The number of ether oxygens (including phenoxy) is 1. The maximum absolute atomic E-state index is 12.6. The number of hydrogen-bond acceptors (Lipinski definition) is 4. The van der Waals surface area contributed by atoms with Crippen LogP contribution in [-0.2, 0) is 22.0 Å². The number of carbonyl (C=O) groups is 1. The number of methoxy groups -OCH3 is 1. The number of aryl methyl sites for hydroxylation is 1. The number of nitrogens with zero attached hydrogens (tertiary/aromatic N) is 2. The van der Waals surface area contributed by atoms with Crippen LogP contribution >= 0.6 is 0 Å². The Bertz CT molecular complexity index is 796. The molecule has 1 fully saturated rings. The van der Waals surface area contributed by atoms with Crippen LogP contribution in [0.3, 0.4) is 0 Å². The summed E-state index contributed by atoms with van der Waals surface area (Å²) in [4.78, 5) is 17.8. The first-order chi connectivity index (χ1) is 14.2. The van der Waals surface area contributed by atoms with Crippen molar-refractivity contribution in [3.05, 3.63) is 60.2 Å². The van der Waals surface area contributed by atoms with Crippen molar-refractivity contribution in [1.29, 1.82) is 0 Å².